The Balaban J connectivity index is 1.90. The van der Waals surface area contributed by atoms with Gasteiger partial charge < -0.3 is 10.6 Å². The highest BCUT2D eigenvalue weighted by molar-refractivity contribution is 7.89. The second kappa shape index (κ2) is 10.3. The minimum absolute atomic E-state index is 0.263. The summed E-state index contributed by atoms with van der Waals surface area (Å²) >= 11 is 0. The summed E-state index contributed by atoms with van der Waals surface area (Å²) in [5.74, 6) is 0.788. The van der Waals surface area contributed by atoms with Gasteiger partial charge in [0, 0.05) is 13.1 Å². The van der Waals surface area contributed by atoms with Crippen LogP contribution in [0.15, 0.2) is 45.8 Å². The highest BCUT2D eigenvalue weighted by Crippen LogP contribution is 2.19. The van der Waals surface area contributed by atoms with Crippen molar-refractivity contribution >= 4 is 16.0 Å². The van der Waals surface area contributed by atoms with E-state index in [-0.39, 0.29) is 4.90 Å². The number of nitrogens with one attached hydrogen (secondary N) is 3. The summed E-state index contributed by atoms with van der Waals surface area (Å²) in [6.07, 6.45) is 8.48. The summed E-state index contributed by atoms with van der Waals surface area (Å²) in [4.78, 5) is 4.85. The van der Waals surface area contributed by atoms with E-state index in [2.05, 4.69) is 26.4 Å². The Morgan fingerprint density at radius 1 is 1.15 bits per heavy atom. The van der Waals surface area contributed by atoms with E-state index in [1.807, 2.05) is 6.92 Å². The standard InChI is InChI=1S/C19H30N4O2S/c1-3-21-19(22-14-13-16-7-5-4-6-8-16)23-15-17-9-11-18(12-10-17)26(24,25)20-2/h7,9-12,20H,3-6,8,13-15H2,1-2H3,(H2,21,22,23). The smallest absolute Gasteiger partial charge is 0.240 e. The lowest BCUT2D eigenvalue weighted by Crippen LogP contribution is -2.37. The van der Waals surface area contributed by atoms with Crippen LogP contribution < -0.4 is 15.4 Å². The number of hydrogen-bond donors (Lipinski definition) is 3. The number of aliphatic imine (C=N–C) groups is 1. The van der Waals surface area contributed by atoms with Gasteiger partial charge in [0.2, 0.25) is 10.0 Å². The number of rotatable bonds is 8. The third-order valence-electron chi connectivity index (χ3n) is 4.39. The quantitative estimate of drug-likeness (QED) is 0.369. The molecule has 1 aromatic rings. The van der Waals surface area contributed by atoms with E-state index in [4.69, 9.17) is 0 Å². The lowest BCUT2D eigenvalue weighted by atomic mass is 9.97. The molecule has 0 radical (unpaired) electrons. The highest BCUT2D eigenvalue weighted by atomic mass is 32.2. The zero-order valence-electron chi connectivity index (χ0n) is 15.7. The topological polar surface area (TPSA) is 82.6 Å². The molecule has 1 aromatic carbocycles. The Morgan fingerprint density at radius 2 is 1.92 bits per heavy atom. The maximum absolute atomic E-state index is 11.7. The molecule has 0 aromatic heterocycles. The van der Waals surface area contributed by atoms with Crippen LogP contribution >= 0.6 is 0 Å². The molecule has 0 amide bonds. The number of hydrogen-bond acceptors (Lipinski definition) is 3. The van der Waals surface area contributed by atoms with E-state index in [0.717, 1.165) is 31.0 Å². The summed E-state index contributed by atoms with van der Waals surface area (Å²) < 4.78 is 25.8. The second-order valence-electron chi connectivity index (χ2n) is 6.33. The fourth-order valence-corrected chi connectivity index (χ4v) is 3.61. The van der Waals surface area contributed by atoms with Crippen molar-refractivity contribution < 1.29 is 8.42 Å². The van der Waals surface area contributed by atoms with Gasteiger partial charge in [-0.15, -0.1) is 0 Å². The molecule has 6 nitrogen and oxygen atoms in total. The first-order valence-electron chi connectivity index (χ1n) is 9.27. The highest BCUT2D eigenvalue weighted by Gasteiger charge is 2.10. The van der Waals surface area contributed by atoms with Crippen molar-refractivity contribution in [3.63, 3.8) is 0 Å². The normalized spacial score (nSPS) is 15.5. The SMILES string of the molecule is CCNC(=NCc1ccc(S(=O)(=O)NC)cc1)NCCC1=CCCCC1. The number of allylic oxidation sites excluding steroid dienone is 1. The van der Waals surface area contributed by atoms with Gasteiger partial charge in [-0.25, -0.2) is 18.1 Å². The van der Waals surface area contributed by atoms with Gasteiger partial charge in [0.05, 0.1) is 11.4 Å². The molecule has 0 unspecified atom stereocenters. The third kappa shape index (κ3) is 6.46. The van der Waals surface area contributed by atoms with Crippen molar-refractivity contribution in [2.24, 2.45) is 4.99 Å². The Morgan fingerprint density at radius 3 is 2.54 bits per heavy atom. The molecule has 0 spiro atoms. The minimum atomic E-state index is -3.39. The molecule has 0 atom stereocenters. The predicted octanol–water partition coefficient (Wildman–Crippen LogP) is 2.54. The van der Waals surface area contributed by atoms with Crippen molar-refractivity contribution in [3.05, 3.63) is 41.5 Å². The number of benzene rings is 1. The van der Waals surface area contributed by atoms with E-state index < -0.39 is 10.0 Å². The molecule has 0 saturated carbocycles. The van der Waals surface area contributed by atoms with Gasteiger partial charge in [0.1, 0.15) is 0 Å². The van der Waals surface area contributed by atoms with E-state index in [1.165, 1.54) is 32.7 Å². The lowest BCUT2D eigenvalue weighted by molar-refractivity contribution is 0.588. The largest absolute Gasteiger partial charge is 0.357 e. The molecule has 26 heavy (non-hydrogen) atoms. The lowest BCUT2D eigenvalue weighted by Gasteiger charge is -2.15. The van der Waals surface area contributed by atoms with Crippen LogP contribution in [0.1, 0.15) is 44.6 Å². The van der Waals surface area contributed by atoms with Gasteiger partial charge >= 0.3 is 0 Å². The average molecular weight is 379 g/mol. The van der Waals surface area contributed by atoms with Crippen LogP contribution in [0.3, 0.4) is 0 Å². The molecule has 144 valence electrons. The predicted molar refractivity (Wildman–Crippen MR) is 107 cm³/mol. The first kappa shape index (κ1) is 20.5. The van der Waals surface area contributed by atoms with Gasteiger partial charge in [0.25, 0.3) is 0 Å². The number of sulfonamides is 1. The zero-order chi connectivity index (χ0) is 18.8. The molecule has 0 aliphatic heterocycles. The van der Waals surface area contributed by atoms with Gasteiger partial charge in [-0.05, 0) is 63.8 Å². The Kier molecular flexibility index (Phi) is 8.12. The molecule has 3 N–H and O–H groups in total. The third-order valence-corrected chi connectivity index (χ3v) is 5.82. The summed E-state index contributed by atoms with van der Waals surface area (Å²) in [5, 5.41) is 6.62. The molecular weight excluding hydrogens is 348 g/mol. The average Bonchev–Trinajstić information content (AvgIpc) is 2.67. The molecule has 1 aliphatic rings. The van der Waals surface area contributed by atoms with Crippen LogP contribution in [-0.4, -0.2) is 34.5 Å². The fraction of sp³-hybridized carbons (Fsp3) is 0.526. The first-order chi connectivity index (χ1) is 12.5. The van der Waals surface area contributed by atoms with E-state index >= 15 is 0 Å². The summed E-state index contributed by atoms with van der Waals surface area (Å²) in [6.45, 7) is 4.21. The van der Waals surface area contributed by atoms with Crippen LogP contribution in [0.4, 0.5) is 0 Å². The fourth-order valence-electron chi connectivity index (χ4n) is 2.88. The van der Waals surface area contributed by atoms with Gasteiger partial charge in [-0.2, -0.15) is 0 Å². The van der Waals surface area contributed by atoms with Crippen LogP contribution in [-0.2, 0) is 16.6 Å². The summed E-state index contributed by atoms with van der Waals surface area (Å²) in [6, 6.07) is 6.80. The van der Waals surface area contributed by atoms with Crippen molar-refractivity contribution in [2.45, 2.75) is 50.5 Å². The van der Waals surface area contributed by atoms with Crippen molar-refractivity contribution in [1.82, 2.24) is 15.4 Å². The van der Waals surface area contributed by atoms with E-state index in [0.29, 0.717) is 6.54 Å². The molecule has 1 aliphatic carbocycles. The van der Waals surface area contributed by atoms with Crippen molar-refractivity contribution in [2.75, 3.05) is 20.1 Å². The molecule has 7 heteroatoms. The van der Waals surface area contributed by atoms with Crippen molar-refractivity contribution in [3.8, 4) is 0 Å². The van der Waals surface area contributed by atoms with Gasteiger partial charge in [0.15, 0.2) is 5.96 Å². The maximum Gasteiger partial charge on any atom is 0.240 e. The van der Waals surface area contributed by atoms with Crippen LogP contribution in [0.5, 0.6) is 0 Å². The second-order valence-corrected chi connectivity index (χ2v) is 8.22. The van der Waals surface area contributed by atoms with Gasteiger partial charge in [-0.1, -0.05) is 23.8 Å². The maximum atomic E-state index is 11.7. The summed E-state index contributed by atoms with van der Waals surface area (Å²) in [5.41, 5.74) is 2.51. The Labute approximate surface area is 157 Å². The molecule has 0 bridgehead atoms. The van der Waals surface area contributed by atoms with Crippen LogP contribution in [0, 0.1) is 0 Å². The number of guanidine groups is 1. The minimum Gasteiger partial charge on any atom is -0.357 e. The van der Waals surface area contributed by atoms with Crippen LogP contribution in [0.25, 0.3) is 0 Å². The Hall–Kier alpha value is -1.86. The monoisotopic (exact) mass is 378 g/mol. The van der Waals surface area contributed by atoms with E-state index in [9.17, 15) is 8.42 Å². The van der Waals surface area contributed by atoms with Crippen LogP contribution in [0.2, 0.25) is 0 Å². The van der Waals surface area contributed by atoms with E-state index in [1.54, 1.807) is 29.8 Å². The molecule has 0 heterocycles. The summed E-state index contributed by atoms with van der Waals surface area (Å²) in [7, 11) is -1.99. The molecule has 0 fully saturated rings. The van der Waals surface area contributed by atoms with Crippen molar-refractivity contribution in [1.29, 1.82) is 0 Å². The number of nitrogens with zero attached hydrogens (tertiary/aromatic N) is 1. The first-order valence-corrected chi connectivity index (χ1v) is 10.8. The molecule has 2 rings (SSSR count). The zero-order valence-corrected chi connectivity index (χ0v) is 16.5. The Bertz CT molecular complexity index is 724. The molecule has 0 saturated heterocycles. The van der Waals surface area contributed by atoms with Gasteiger partial charge in [-0.3, -0.25) is 0 Å². The molecular formula is C19H30N4O2S.